The van der Waals surface area contributed by atoms with Crippen LogP contribution in [-0.4, -0.2) is 34.7 Å². The monoisotopic (exact) mass is 415 g/mol. The third-order valence-electron chi connectivity index (χ3n) is 2.41. The van der Waals surface area contributed by atoms with Gasteiger partial charge in [0.25, 0.3) is 5.91 Å². The highest BCUT2D eigenvalue weighted by Gasteiger charge is 2.06. The molecule has 0 spiro atoms. The first kappa shape index (κ1) is 17.7. The molecule has 10 heteroatoms. The predicted molar refractivity (Wildman–Crippen MR) is 96.1 cm³/mol. The maximum absolute atomic E-state index is 11.7. The number of thioether (sulfide) groups is 1. The van der Waals surface area contributed by atoms with Crippen LogP contribution in [0.5, 0.6) is 5.75 Å². The molecule has 1 aromatic heterocycles. The van der Waals surface area contributed by atoms with Crippen LogP contribution in [0.1, 0.15) is 12.5 Å². The van der Waals surface area contributed by atoms with Crippen LogP contribution in [0.4, 0.5) is 5.13 Å². The van der Waals surface area contributed by atoms with Gasteiger partial charge in [0.05, 0.1) is 18.6 Å². The molecule has 0 aliphatic carbocycles. The molecule has 0 bridgehead atoms. The summed E-state index contributed by atoms with van der Waals surface area (Å²) in [5, 5.41) is 11.8. The molecule has 0 unspecified atom stereocenters. The van der Waals surface area contributed by atoms with E-state index in [0.717, 1.165) is 10.0 Å². The zero-order chi connectivity index (χ0) is 16.7. The number of halogens is 1. The summed E-state index contributed by atoms with van der Waals surface area (Å²) in [6, 6.07) is 5.58. The van der Waals surface area contributed by atoms with E-state index in [4.69, 9.17) is 10.5 Å². The highest BCUT2D eigenvalue weighted by Crippen LogP contribution is 2.23. The molecule has 3 N–H and O–H groups in total. The Bertz CT molecular complexity index is 707. The normalized spacial score (nSPS) is 10.9. The average molecular weight is 416 g/mol. The number of aromatic nitrogens is 2. The lowest BCUT2D eigenvalue weighted by Crippen LogP contribution is -2.19. The quantitative estimate of drug-likeness (QED) is 0.409. The predicted octanol–water partition coefficient (Wildman–Crippen LogP) is 2.52. The van der Waals surface area contributed by atoms with Crippen molar-refractivity contribution in [2.75, 3.05) is 18.1 Å². The van der Waals surface area contributed by atoms with Gasteiger partial charge in [0, 0.05) is 10.0 Å². The zero-order valence-electron chi connectivity index (χ0n) is 12.2. The first-order valence-electron chi connectivity index (χ1n) is 6.54. The van der Waals surface area contributed by atoms with Gasteiger partial charge in [-0.15, -0.1) is 10.2 Å². The van der Waals surface area contributed by atoms with Gasteiger partial charge in [-0.25, -0.2) is 5.43 Å². The Morgan fingerprint density at radius 3 is 3.09 bits per heavy atom. The summed E-state index contributed by atoms with van der Waals surface area (Å²) in [5.74, 6) is 0.642. The van der Waals surface area contributed by atoms with Crippen molar-refractivity contribution in [3.05, 3.63) is 28.2 Å². The number of nitrogens with one attached hydrogen (secondary N) is 1. The lowest BCUT2D eigenvalue weighted by molar-refractivity contribution is -0.118. The van der Waals surface area contributed by atoms with Gasteiger partial charge in [0.15, 0.2) is 4.34 Å². The van der Waals surface area contributed by atoms with E-state index in [1.54, 1.807) is 6.21 Å². The molecule has 7 nitrogen and oxygen atoms in total. The number of rotatable bonds is 7. The summed E-state index contributed by atoms with van der Waals surface area (Å²) in [6.45, 7) is 2.46. The Morgan fingerprint density at radius 1 is 1.57 bits per heavy atom. The molecule has 0 atom stereocenters. The van der Waals surface area contributed by atoms with Crippen LogP contribution in [0.15, 0.2) is 32.1 Å². The SMILES string of the molecule is CCOc1ccc(Br)cc1/C=N/NC(=O)CSc1nnc(N)s1. The number of nitrogen functional groups attached to an aromatic ring is 1. The first-order chi connectivity index (χ1) is 11.1. The number of ether oxygens (including phenoxy) is 1. The number of hydrogen-bond acceptors (Lipinski definition) is 8. The summed E-state index contributed by atoms with van der Waals surface area (Å²) in [6.07, 6.45) is 1.54. The van der Waals surface area contributed by atoms with E-state index >= 15 is 0 Å². The minimum absolute atomic E-state index is 0.183. The first-order valence-corrected chi connectivity index (χ1v) is 9.14. The van der Waals surface area contributed by atoms with Crippen molar-refractivity contribution >= 4 is 56.3 Å². The lowest BCUT2D eigenvalue weighted by Gasteiger charge is -2.07. The van der Waals surface area contributed by atoms with Gasteiger partial charge in [0.1, 0.15) is 5.75 Å². The van der Waals surface area contributed by atoms with Crippen molar-refractivity contribution < 1.29 is 9.53 Å². The van der Waals surface area contributed by atoms with Gasteiger partial charge >= 0.3 is 0 Å². The fraction of sp³-hybridized carbons (Fsp3) is 0.231. The lowest BCUT2D eigenvalue weighted by atomic mass is 10.2. The number of amides is 1. The fourth-order valence-corrected chi connectivity index (χ4v) is 3.33. The highest BCUT2D eigenvalue weighted by molar-refractivity contribution is 9.10. The van der Waals surface area contributed by atoms with Crippen molar-refractivity contribution in [2.24, 2.45) is 5.10 Å². The second-order valence-corrected chi connectivity index (χ2v) is 7.25. The van der Waals surface area contributed by atoms with E-state index in [2.05, 4.69) is 36.7 Å². The number of benzene rings is 1. The minimum atomic E-state index is -0.243. The van der Waals surface area contributed by atoms with E-state index in [1.807, 2.05) is 25.1 Å². The molecule has 1 amide bonds. The number of nitrogens with two attached hydrogens (primary N) is 1. The summed E-state index contributed by atoms with van der Waals surface area (Å²) in [4.78, 5) is 11.7. The van der Waals surface area contributed by atoms with Crippen molar-refractivity contribution in [3.63, 3.8) is 0 Å². The van der Waals surface area contributed by atoms with Gasteiger partial charge in [-0.05, 0) is 25.1 Å². The van der Waals surface area contributed by atoms with Crippen molar-refractivity contribution in [2.45, 2.75) is 11.3 Å². The topological polar surface area (TPSA) is 102 Å². The van der Waals surface area contributed by atoms with Crippen LogP contribution in [0.25, 0.3) is 0 Å². The molecule has 0 aliphatic rings. The third-order valence-corrected chi connectivity index (χ3v) is 4.79. The molecule has 122 valence electrons. The molecular formula is C13H14BrN5O2S2. The zero-order valence-corrected chi connectivity index (χ0v) is 15.4. The second kappa shape index (κ2) is 8.85. The van der Waals surface area contributed by atoms with Crippen molar-refractivity contribution in [3.8, 4) is 5.75 Å². The molecule has 23 heavy (non-hydrogen) atoms. The summed E-state index contributed by atoms with van der Waals surface area (Å²) in [5.41, 5.74) is 8.70. The molecule has 0 radical (unpaired) electrons. The summed E-state index contributed by atoms with van der Waals surface area (Å²) in [7, 11) is 0. The van der Waals surface area contributed by atoms with Crippen LogP contribution in [0.3, 0.4) is 0 Å². The minimum Gasteiger partial charge on any atom is -0.493 e. The summed E-state index contributed by atoms with van der Waals surface area (Å²) >= 11 is 5.89. The smallest absolute Gasteiger partial charge is 0.250 e. The van der Waals surface area contributed by atoms with Crippen LogP contribution in [0.2, 0.25) is 0 Å². The standard InChI is InChI=1S/C13H14BrN5O2S2/c1-2-21-10-4-3-9(14)5-8(10)6-16-17-11(20)7-22-13-19-18-12(15)23-13/h3-6H,2,7H2,1H3,(H2,15,18)(H,17,20)/b16-6+. The number of hydrogen-bond donors (Lipinski definition) is 2. The highest BCUT2D eigenvalue weighted by atomic mass is 79.9. The van der Waals surface area contributed by atoms with Gasteiger partial charge in [-0.3, -0.25) is 4.79 Å². The van der Waals surface area contributed by atoms with E-state index in [9.17, 15) is 4.79 Å². The largest absolute Gasteiger partial charge is 0.493 e. The van der Waals surface area contributed by atoms with Crippen molar-refractivity contribution in [1.82, 2.24) is 15.6 Å². The molecule has 0 fully saturated rings. The number of nitrogens with zero attached hydrogens (tertiary/aromatic N) is 3. The molecule has 0 saturated carbocycles. The maximum Gasteiger partial charge on any atom is 0.250 e. The molecule has 2 aromatic rings. The Balaban J connectivity index is 1.88. The average Bonchev–Trinajstić information content (AvgIpc) is 2.93. The van der Waals surface area contributed by atoms with Crippen molar-refractivity contribution in [1.29, 1.82) is 0 Å². The Hall–Kier alpha value is -1.65. The Labute approximate surface area is 149 Å². The molecule has 2 rings (SSSR count). The van der Waals surface area contributed by atoms with E-state index in [1.165, 1.54) is 23.1 Å². The van der Waals surface area contributed by atoms with Gasteiger partial charge in [-0.1, -0.05) is 39.0 Å². The van der Waals surface area contributed by atoms with Crippen LogP contribution in [-0.2, 0) is 4.79 Å². The Morgan fingerprint density at radius 2 is 2.39 bits per heavy atom. The number of carbonyl (C=O) groups is 1. The Kier molecular flexibility index (Phi) is 6.81. The number of carbonyl (C=O) groups excluding carboxylic acids is 1. The van der Waals surface area contributed by atoms with Crippen LogP contribution in [0, 0.1) is 0 Å². The molecule has 1 heterocycles. The van der Waals surface area contributed by atoms with Gasteiger partial charge in [-0.2, -0.15) is 5.10 Å². The molecular weight excluding hydrogens is 402 g/mol. The van der Waals surface area contributed by atoms with E-state index in [0.29, 0.717) is 21.8 Å². The van der Waals surface area contributed by atoms with Gasteiger partial charge in [0.2, 0.25) is 5.13 Å². The fourth-order valence-electron chi connectivity index (χ4n) is 1.52. The van der Waals surface area contributed by atoms with Crippen LogP contribution < -0.4 is 15.9 Å². The summed E-state index contributed by atoms with van der Waals surface area (Å²) < 4.78 is 7.05. The maximum atomic E-state index is 11.7. The number of hydrazone groups is 1. The number of anilines is 1. The molecule has 0 saturated heterocycles. The van der Waals surface area contributed by atoms with E-state index < -0.39 is 0 Å². The molecule has 0 aliphatic heterocycles. The second-order valence-electron chi connectivity index (χ2n) is 4.10. The van der Waals surface area contributed by atoms with Gasteiger partial charge < -0.3 is 10.5 Å². The van der Waals surface area contributed by atoms with E-state index in [-0.39, 0.29) is 11.7 Å². The van der Waals surface area contributed by atoms with Crippen LogP contribution >= 0.6 is 39.0 Å². The third kappa shape index (κ3) is 5.81. The molecule has 1 aromatic carbocycles.